The lowest BCUT2D eigenvalue weighted by Gasteiger charge is -2.27. The quantitative estimate of drug-likeness (QED) is 0.726. The van der Waals surface area contributed by atoms with Gasteiger partial charge in [-0.25, -0.2) is 4.98 Å². The highest BCUT2D eigenvalue weighted by Crippen LogP contribution is 2.26. The van der Waals surface area contributed by atoms with Crippen molar-refractivity contribution in [3.63, 3.8) is 0 Å². The molecule has 0 spiro atoms. The van der Waals surface area contributed by atoms with Gasteiger partial charge in [0.2, 0.25) is 17.2 Å². The third kappa shape index (κ3) is 2.38. The molecule has 4 rings (SSSR count). The van der Waals surface area contributed by atoms with Gasteiger partial charge in [-0.2, -0.15) is 15.0 Å². The minimum atomic E-state index is 0.194. The lowest BCUT2D eigenvalue weighted by molar-refractivity contribution is 0.708. The molecule has 1 aliphatic rings. The lowest BCUT2D eigenvalue weighted by Crippen LogP contribution is -2.31. The van der Waals surface area contributed by atoms with E-state index in [2.05, 4.69) is 36.3 Å². The Balaban J connectivity index is 1.70. The first-order valence-corrected chi connectivity index (χ1v) is 7.75. The minimum Gasteiger partial charge on any atom is -0.336 e. The maximum Gasteiger partial charge on any atom is 0.241 e. The van der Waals surface area contributed by atoms with Gasteiger partial charge in [0, 0.05) is 30.4 Å². The molecule has 0 amide bonds. The van der Waals surface area contributed by atoms with Crippen LogP contribution in [0, 0.1) is 0 Å². The Hall–Kier alpha value is -1.99. The summed E-state index contributed by atoms with van der Waals surface area (Å²) in [4.78, 5) is 20.5. The molecular weight excluding hydrogens is 308 g/mol. The fraction of sp³-hybridized carbons (Fsp3) is 0.231. The summed E-state index contributed by atoms with van der Waals surface area (Å²) >= 11 is 7.85. The third-order valence-corrected chi connectivity index (χ3v) is 4.60. The standard InChI is InChI=1S/C13H11ClN6S/c14-11-16-12(18-13(17-11)20-5-3-15-8-20)19-4-1-10-9(7-19)2-6-21-10/h2-3,5-6,8H,1,4,7H2. The zero-order chi connectivity index (χ0) is 14.2. The fourth-order valence-electron chi connectivity index (χ4n) is 2.38. The summed E-state index contributed by atoms with van der Waals surface area (Å²) < 4.78 is 1.72. The normalized spacial score (nSPS) is 14.2. The van der Waals surface area contributed by atoms with Crippen LogP contribution in [0.4, 0.5) is 5.95 Å². The largest absolute Gasteiger partial charge is 0.336 e. The molecule has 21 heavy (non-hydrogen) atoms. The van der Waals surface area contributed by atoms with Gasteiger partial charge < -0.3 is 4.90 Å². The highest BCUT2D eigenvalue weighted by molar-refractivity contribution is 7.10. The number of hydrogen-bond acceptors (Lipinski definition) is 6. The molecule has 0 N–H and O–H groups in total. The summed E-state index contributed by atoms with van der Waals surface area (Å²) in [5, 5.41) is 2.32. The number of anilines is 1. The second-order valence-corrected chi connectivity index (χ2v) is 6.05. The maximum atomic E-state index is 6.04. The summed E-state index contributed by atoms with van der Waals surface area (Å²) in [6, 6.07) is 2.16. The molecule has 0 radical (unpaired) electrons. The molecule has 3 aromatic heterocycles. The Morgan fingerprint density at radius 2 is 2.10 bits per heavy atom. The molecular formula is C13H11ClN6S. The predicted octanol–water partition coefficient (Wildman–Crippen LogP) is 2.33. The second-order valence-electron chi connectivity index (χ2n) is 4.71. The first kappa shape index (κ1) is 12.7. The molecule has 3 aromatic rings. The van der Waals surface area contributed by atoms with E-state index in [0.717, 1.165) is 19.5 Å². The Labute approximate surface area is 130 Å². The van der Waals surface area contributed by atoms with Crippen molar-refractivity contribution >= 4 is 28.9 Å². The second kappa shape index (κ2) is 5.09. The summed E-state index contributed by atoms with van der Waals surface area (Å²) in [6.07, 6.45) is 6.11. The highest BCUT2D eigenvalue weighted by Gasteiger charge is 2.20. The van der Waals surface area contributed by atoms with Gasteiger partial charge in [-0.05, 0) is 35.0 Å². The van der Waals surface area contributed by atoms with Crippen molar-refractivity contribution < 1.29 is 0 Å². The van der Waals surface area contributed by atoms with E-state index in [0.29, 0.717) is 11.9 Å². The van der Waals surface area contributed by atoms with Crippen molar-refractivity contribution in [2.24, 2.45) is 0 Å². The van der Waals surface area contributed by atoms with Gasteiger partial charge in [-0.15, -0.1) is 11.3 Å². The summed E-state index contributed by atoms with van der Waals surface area (Å²) in [5.41, 5.74) is 1.34. The van der Waals surface area contributed by atoms with Gasteiger partial charge in [0.25, 0.3) is 0 Å². The van der Waals surface area contributed by atoms with E-state index in [1.54, 1.807) is 23.3 Å². The number of aromatic nitrogens is 5. The van der Waals surface area contributed by atoms with Gasteiger partial charge in [0.15, 0.2) is 0 Å². The first-order valence-electron chi connectivity index (χ1n) is 6.50. The summed E-state index contributed by atoms with van der Waals surface area (Å²) in [6.45, 7) is 1.69. The average Bonchev–Trinajstić information content (AvgIpc) is 3.17. The predicted molar refractivity (Wildman–Crippen MR) is 81.0 cm³/mol. The van der Waals surface area contributed by atoms with Gasteiger partial charge >= 0.3 is 0 Å². The van der Waals surface area contributed by atoms with Crippen LogP contribution in [0.2, 0.25) is 5.28 Å². The molecule has 6 nitrogen and oxygen atoms in total. The number of thiophene rings is 1. The molecule has 0 aliphatic carbocycles. The van der Waals surface area contributed by atoms with Crippen LogP contribution in [-0.2, 0) is 13.0 Å². The third-order valence-electron chi connectivity index (χ3n) is 3.41. The molecule has 106 valence electrons. The van der Waals surface area contributed by atoms with Crippen LogP contribution in [0.5, 0.6) is 0 Å². The van der Waals surface area contributed by atoms with E-state index in [-0.39, 0.29) is 5.28 Å². The molecule has 0 saturated heterocycles. The molecule has 0 atom stereocenters. The molecule has 0 aromatic carbocycles. The van der Waals surface area contributed by atoms with E-state index >= 15 is 0 Å². The number of fused-ring (bicyclic) bond motifs is 1. The van der Waals surface area contributed by atoms with Crippen LogP contribution in [0.1, 0.15) is 10.4 Å². The van der Waals surface area contributed by atoms with Crippen LogP contribution in [0.25, 0.3) is 5.95 Å². The van der Waals surface area contributed by atoms with Gasteiger partial charge in [0.05, 0.1) is 0 Å². The number of imidazole rings is 1. The van der Waals surface area contributed by atoms with Crippen LogP contribution < -0.4 is 4.90 Å². The summed E-state index contributed by atoms with van der Waals surface area (Å²) in [5.74, 6) is 1.09. The van der Waals surface area contributed by atoms with Crippen molar-refractivity contribution in [2.45, 2.75) is 13.0 Å². The van der Waals surface area contributed by atoms with E-state index in [1.165, 1.54) is 10.4 Å². The molecule has 0 unspecified atom stereocenters. The number of nitrogens with zero attached hydrogens (tertiary/aromatic N) is 6. The van der Waals surface area contributed by atoms with Crippen molar-refractivity contribution in [3.8, 4) is 5.95 Å². The molecule has 4 heterocycles. The van der Waals surface area contributed by atoms with E-state index < -0.39 is 0 Å². The van der Waals surface area contributed by atoms with Crippen LogP contribution in [0.3, 0.4) is 0 Å². The summed E-state index contributed by atoms with van der Waals surface area (Å²) in [7, 11) is 0. The Morgan fingerprint density at radius 3 is 2.95 bits per heavy atom. The molecule has 1 aliphatic heterocycles. The van der Waals surface area contributed by atoms with Crippen molar-refractivity contribution in [1.82, 2.24) is 24.5 Å². The smallest absolute Gasteiger partial charge is 0.241 e. The molecule has 0 fully saturated rings. The SMILES string of the molecule is Clc1nc(N2CCc3sccc3C2)nc(-n2ccnc2)n1. The van der Waals surface area contributed by atoms with E-state index in [9.17, 15) is 0 Å². The molecule has 8 heteroatoms. The van der Waals surface area contributed by atoms with E-state index in [4.69, 9.17) is 11.6 Å². The Kier molecular flexibility index (Phi) is 3.08. The first-order chi connectivity index (χ1) is 10.3. The van der Waals surface area contributed by atoms with Crippen LogP contribution >= 0.6 is 22.9 Å². The average molecular weight is 319 g/mol. The lowest BCUT2D eigenvalue weighted by atomic mass is 10.1. The zero-order valence-corrected chi connectivity index (χ0v) is 12.5. The van der Waals surface area contributed by atoms with Crippen molar-refractivity contribution in [3.05, 3.63) is 45.9 Å². The van der Waals surface area contributed by atoms with Gasteiger partial charge in [-0.3, -0.25) is 4.57 Å². The van der Waals surface area contributed by atoms with E-state index in [1.807, 2.05) is 11.3 Å². The zero-order valence-electron chi connectivity index (χ0n) is 11.0. The molecule has 0 bridgehead atoms. The number of rotatable bonds is 2. The van der Waals surface area contributed by atoms with Gasteiger partial charge in [0.1, 0.15) is 6.33 Å². The van der Waals surface area contributed by atoms with Crippen LogP contribution in [-0.4, -0.2) is 31.0 Å². The van der Waals surface area contributed by atoms with Crippen molar-refractivity contribution in [2.75, 3.05) is 11.4 Å². The minimum absolute atomic E-state index is 0.194. The highest BCUT2D eigenvalue weighted by atomic mass is 35.5. The monoisotopic (exact) mass is 318 g/mol. The van der Waals surface area contributed by atoms with Crippen molar-refractivity contribution in [1.29, 1.82) is 0 Å². The fourth-order valence-corrected chi connectivity index (χ4v) is 3.42. The Bertz CT molecular complexity index is 769. The number of hydrogen-bond donors (Lipinski definition) is 0. The molecule has 0 saturated carbocycles. The topological polar surface area (TPSA) is 59.7 Å². The maximum absolute atomic E-state index is 6.04. The van der Waals surface area contributed by atoms with Crippen LogP contribution in [0.15, 0.2) is 30.2 Å². The Morgan fingerprint density at radius 1 is 1.19 bits per heavy atom. The number of halogens is 1. The van der Waals surface area contributed by atoms with Gasteiger partial charge in [-0.1, -0.05) is 0 Å².